The van der Waals surface area contributed by atoms with Gasteiger partial charge in [0.2, 0.25) is 0 Å². The lowest BCUT2D eigenvalue weighted by atomic mass is 10.1. The highest BCUT2D eigenvalue weighted by molar-refractivity contribution is 7.99. The summed E-state index contributed by atoms with van der Waals surface area (Å²) in [5.74, 6) is 2.18. The maximum atomic E-state index is 5.54. The van der Waals surface area contributed by atoms with Gasteiger partial charge in [0.25, 0.3) is 0 Å². The van der Waals surface area contributed by atoms with E-state index < -0.39 is 0 Å². The molecule has 1 aromatic heterocycles. The van der Waals surface area contributed by atoms with Crippen LogP contribution in [-0.2, 0) is 19.4 Å². The van der Waals surface area contributed by atoms with Crippen molar-refractivity contribution in [1.29, 1.82) is 0 Å². The number of rotatable bonds is 1. The molecule has 4 rings (SSSR count). The van der Waals surface area contributed by atoms with Gasteiger partial charge in [0.05, 0.1) is 17.5 Å². The van der Waals surface area contributed by atoms with E-state index in [1.54, 1.807) is 18.4 Å². The van der Waals surface area contributed by atoms with Gasteiger partial charge in [-0.15, -0.1) is 11.8 Å². The van der Waals surface area contributed by atoms with Gasteiger partial charge in [0.1, 0.15) is 5.75 Å². The number of fused-ring (bicyclic) bond motifs is 3. The number of benzene rings is 1. The van der Waals surface area contributed by atoms with Crippen molar-refractivity contribution in [2.24, 2.45) is 0 Å². The molecule has 0 atom stereocenters. The largest absolute Gasteiger partial charge is 0.496 e. The quantitative estimate of drug-likeness (QED) is 0.865. The molecule has 0 amide bonds. The Morgan fingerprint density at radius 1 is 1.26 bits per heavy atom. The molecule has 3 nitrogen and oxygen atoms in total. The zero-order valence-electron chi connectivity index (χ0n) is 11.2. The fourth-order valence-electron chi connectivity index (χ4n) is 3.41. The summed E-state index contributed by atoms with van der Waals surface area (Å²) in [6.07, 6.45) is 2.30. The van der Waals surface area contributed by atoms with E-state index in [-0.39, 0.29) is 0 Å². The molecule has 0 fully saturated rings. The molecular weight excluding hydrogens is 256 g/mol. The lowest BCUT2D eigenvalue weighted by molar-refractivity contribution is 0.405. The smallest absolute Gasteiger partial charge is 0.134 e. The molecule has 1 N–H and O–H groups in total. The summed E-state index contributed by atoms with van der Waals surface area (Å²) in [5.41, 5.74) is 4.53. The monoisotopic (exact) mass is 274 g/mol. The minimum absolute atomic E-state index is 1.03. The van der Waals surface area contributed by atoms with E-state index in [0.29, 0.717) is 0 Å². The standard InChI is InChI=1S/C15H18N2OS/c1-18-13-3-2-11-10-4-6-16-7-5-12(10)17-8-9-19-15(13)14(11)17/h2-3,16H,4-9H2,1H3. The Kier molecular flexibility index (Phi) is 2.74. The van der Waals surface area contributed by atoms with Gasteiger partial charge >= 0.3 is 0 Å². The van der Waals surface area contributed by atoms with Crippen LogP contribution in [0.3, 0.4) is 0 Å². The number of hydrogen-bond donors (Lipinski definition) is 1. The molecule has 3 heterocycles. The molecule has 2 aliphatic heterocycles. The molecule has 0 unspecified atom stereocenters. The second-order valence-electron chi connectivity index (χ2n) is 5.17. The number of nitrogens with zero attached hydrogens (tertiary/aromatic N) is 1. The predicted molar refractivity (Wildman–Crippen MR) is 79.5 cm³/mol. The van der Waals surface area contributed by atoms with Crippen LogP contribution in [-0.4, -0.2) is 30.5 Å². The average molecular weight is 274 g/mol. The molecule has 100 valence electrons. The summed E-state index contributed by atoms with van der Waals surface area (Å²) in [5, 5.41) is 4.95. The van der Waals surface area contributed by atoms with Gasteiger partial charge in [0, 0.05) is 36.3 Å². The first-order valence-corrected chi connectivity index (χ1v) is 7.93. The average Bonchev–Trinajstić information content (AvgIpc) is 2.64. The molecule has 1 aromatic carbocycles. The van der Waals surface area contributed by atoms with Crippen molar-refractivity contribution in [3.63, 3.8) is 0 Å². The predicted octanol–water partition coefficient (Wildman–Crippen LogP) is 2.44. The first kappa shape index (κ1) is 11.7. The van der Waals surface area contributed by atoms with Gasteiger partial charge < -0.3 is 14.6 Å². The molecule has 2 aromatic rings. The summed E-state index contributed by atoms with van der Waals surface area (Å²) in [4.78, 5) is 1.34. The van der Waals surface area contributed by atoms with E-state index in [1.807, 2.05) is 11.8 Å². The number of methoxy groups -OCH3 is 1. The van der Waals surface area contributed by atoms with Crippen LogP contribution in [0, 0.1) is 0 Å². The number of hydrogen-bond acceptors (Lipinski definition) is 3. The number of ether oxygens (including phenoxy) is 1. The lowest BCUT2D eigenvalue weighted by Gasteiger charge is -2.19. The maximum Gasteiger partial charge on any atom is 0.134 e. The van der Waals surface area contributed by atoms with Crippen LogP contribution in [0.5, 0.6) is 5.75 Å². The normalized spacial score (nSPS) is 18.2. The second-order valence-corrected chi connectivity index (χ2v) is 6.27. The first-order chi connectivity index (χ1) is 9.40. The van der Waals surface area contributed by atoms with Gasteiger partial charge in [-0.1, -0.05) is 0 Å². The topological polar surface area (TPSA) is 26.2 Å². The highest BCUT2D eigenvalue weighted by Gasteiger charge is 2.25. The molecule has 19 heavy (non-hydrogen) atoms. The van der Waals surface area contributed by atoms with Crippen molar-refractivity contribution in [1.82, 2.24) is 9.88 Å². The second kappa shape index (κ2) is 4.46. The Labute approximate surface area is 117 Å². The van der Waals surface area contributed by atoms with E-state index in [9.17, 15) is 0 Å². The van der Waals surface area contributed by atoms with Crippen LogP contribution in [0.4, 0.5) is 0 Å². The Balaban J connectivity index is 2.06. The van der Waals surface area contributed by atoms with Gasteiger partial charge in [0.15, 0.2) is 0 Å². The van der Waals surface area contributed by atoms with Crippen molar-refractivity contribution in [3.8, 4) is 5.75 Å². The highest BCUT2D eigenvalue weighted by atomic mass is 32.2. The van der Waals surface area contributed by atoms with Crippen LogP contribution < -0.4 is 10.1 Å². The number of aryl methyl sites for hydroxylation is 1. The summed E-state index contributed by atoms with van der Waals surface area (Å²) in [6.45, 7) is 3.33. The molecule has 0 aliphatic carbocycles. The van der Waals surface area contributed by atoms with E-state index in [4.69, 9.17) is 4.74 Å². The van der Waals surface area contributed by atoms with Gasteiger partial charge in [-0.2, -0.15) is 0 Å². The van der Waals surface area contributed by atoms with E-state index >= 15 is 0 Å². The minimum Gasteiger partial charge on any atom is -0.496 e. The van der Waals surface area contributed by atoms with Crippen molar-refractivity contribution < 1.29 is 4.74 Å². The SMILES string of the molecule is COc1ccc2c3c(n4c2c1SCC4)CCNCC3. The highest BCUT2D eigenvalue weighted by Crippen LogP contribution is 2.43. The third kappa shape index (κ3) is 1.63. The van der Waals surface area contributed by atoms with Crippen LogP contribution >= 0.6 is 11.8 Å². The molecule has 0 saturated heterocycles. The minimum atomic E-state index is 1.03. The van der Waals surface area contributed by atoms with Crippen LogP contribution in [0.1, 0.15) is 11.3 Å². The summed E-state index contributed by atoms with van der Waals surface area (Å²) < 4.78 is 8.09. The van der Waals surface area contributed by atoms with E-state index in [1.165, 1.54) is 15.8 Å². The fraction of sp³-hybridized carbons (Fsp3) is 0.467. The lowest BCUT2D eigenvalue weighted by Crippen LogP contribution is -2.18. The number of nitrogens with one attached hydrogen (secondary N) is 1. The molecule has 0 bridgehead atoms. The number of aromatic nitrogens is 1. The molecular formula is C15H18N2OS. The van der Waals surface area contributed by atoms with Crippen molar-refractivity contribution in [3.05, 3.63) is 23.4 Å². The maximum absolute atomic E-state index is 5.54. The first-order valence-electron chi connectivity index (χ1n) is 6.94. The third-order valence-electron chi connectivity index (χ3n) is 4.24. The van der Waals surface area contributed by atoms with Crippen LogP contribution in [0.25, 0.3) is 10.9 Å². The van der Waals surface area contributed by atoms with Crippen molar-refractivity contribution in [2.45, 2.75) is 24.3 Å². The van der Waals surface area contributed by atoms with E-state index in [2.05, 4.69) is 22.0 Å². The summed E-state index contributed by atoms with van der Waals surface area (Å²) >= 11 is 1.94. The number of thioether (sulfide) groups is 1. The molecule has 0 spiro atoms. The molecule has 0 radical (unpaired) electrons. The third-order valence-corrected chi connectivity index (χ3v) is 5.31. The Morgan fingerprint density at radius 2 is 2.16 bits per heavy atom. The Hall–Kier alpha value is -1.13. The van der Waals surface area contributed by atoms with Gasteiger partial charge in [-0.05, 0) is 30.7 Å². The Morgan fingerprint density at radius 3 is 3.05 bits per heavy atom. The van der Waals surface area contributed by atoms with Crippen molar-refractivity contribution in [2.75, 3.05) is 26.0 Å². The van der Waals surface area contributed by atoms with Gasteiger partial charge in [-0.25, -0.2) is 0 Å². The fourth-order valence-corrected chi connectivity index (χ4v) is 4.54. The zero-order chi connectivity index (χ0) is 12.8. The van der Waals surface area contributed by atoms with Crippen LogP contribution in [0.2, 0.25) is 0 Å². The molecule has 0 saturated carbocycles. The van der Waals surface area contributed by atoms with Crippen molar-refractivity contribution >= 4 is 22.7 Å². The van der Waals surface area contributed by atoms with Gasteiger partial charge in [-0.3, -0.25) is 0 Å². The molecule has 2 aliphatic rings. The van der Waals surface area contributed by atoms with E-state index in [0.717, 1.165) is 44.0 Å². The summed E-state index contributed by atoms with van der Waals surface area (Å²) in [7, 11) is 1.77. The Bertz CT molecular complexity index is 647. The molecule has 4 heteroatoms. The van der Waals surface area contributed by atoms with Crippen LogP contribution in [0.15, 0.2) is 17.0 Å². The summed E-state index contributed by atoms with van der Waals surface area (Å²) in [6, 6.07) is 4.39. The zero-order valence-corrected chi connectivity index (χ0v) is 12.0.